The highest BCUT2D eigenvalue weighted by atomic mass is 19.4. The maximum atomic E-state index is 12.5. The predicted octanol–water partition coefficient (Wildman–Crippen LogP) is 1.95. The number of nitrogens with one attached hydrogen (secondary N) is 1. The number of esters is 1. The molecule has 0 spiro atoms. The number of aliphatic hydroxyl groups excluding tert-OH is 1. The molecule has 3 atom stereocenters. The number of nitrogens with zero attached hydrogens (tertiary/aromatic N) is 1. The zero-order valence-corrected chi connectivity index (χ0v) is 13.5. The van der Waals surface area contributed by atoms with Crippen LogP contribution in [-0.4, -0.2) is 30.1 Å². The molecule has 6 nitrogen and oxygen atoms in total. The van der Waals surface area contributed by atoms with Crippen molar-refractivity contribution in [2.24, 2.45) is 5.92 Å². The molecule has 25 heavy (non-hydrogen) atoms. The molecule has 0 unspecified atom stereocenters. The Bertz CT molecular complexity index is 653. The maximum Gasteiger partial charge on any atom is 0.416 e. The van der Waals surface area contributed by atoms with Crippen molar-refractivity contribution in [2.75, 3.05) is 7.11 Å². The van der Waals surface area contributed by atoms with Crippen LogP contribution in [0.25, 0.3) is 0 Å². The number of alkyl halides is 3. The number of amides is 1. The van der Waals surface area contributed by atoms with E-state index >= 15 is 0 Å². The molecule has 0 saturated heterocycles. The molecule has 1 rings (SSSR count). The van der Waals surface area contributed by atoms with Crippen molar-refractivity contribution >= 4 is 11.9 Å². The van der Waals surface area contributed by atoms with Crippen molar-refractivity contribution in [3.8, 4) is 6.07 Å². The van der Waals surface area contributed by atoms with E-state index in [1.165, 1.54) is 6.92 Å². The van der Waals surface area contributed by atoms with Gasteiger partial charge in [-0.05, 0) is 17.7 Å². The molecule has 0 radical (unpaired) electrons. The first-order chi connectivity index (χ1) is 11.6. The van der Waals surface area contributed by atoms with Gasteiger partial charge in [-0.25, -0.2) is 4.79 Å². The number of halogens is 3. The number of rotatable bonds is 6. The minimum Gasteiger partial charge on any atom is -0.467 e. The Labute approximate surface area is 142 Å². The van der Waals surface area contributed by atoms with Gasteiger partial charge in [-0.2, -0.15) is 18.4 Å². The number of methoxy groups -OCH3 is 1. The zero-order valence-electron chi connectivity index (χ0n) is 13.5. The van der Waals surface area contributed by atoms with Crippen LogP contribution in [0.3, 0.4) is 0 Å². The fourth-order valence-electron chi connectivity index (χ4n) is 2.06. The number of aliphatic hydroxyl groups is 1. The van der Waals surface area contributed by atoms with Crippen LogP contribution in [0.5, 0.6) is 0 Å². The van der Waals surface area contributed by atoms with Gasteiger partial charge < -0.3 is 15.2 Å². The van der Waals surface area contributed by atoms with Crippen LogP contribution in [0.15, 0.2) is 24.3 Å². The predicted molar refractivity (Wildman–Crippen MR) is 79.7 cm³/mol. The number of ether oxygens (including phenoxy) is 1. The minimum absolute atomic E-state index is 0.0452. The highest BCUT2D eigenvalue weighted by Gasteiger charge is 2.32. The van der Waals surface area contributed by atoms with E-state index in [9.17, 15) is 27.9 Å². The molecule has 2 N–H and O–H groups in total. The summed E-state index contributed by atoms with van der Waals surface area (Å²) in [6.07, 6.45) is -6.35. The van der Waals surface area contributed by atoms with E-state index < -0.39 is 41.7 Å². The largest absolute Gasteiger partial charge is 0.467 e. The summed E-state index contributed by atoms with van der Waals surface area (Å²) in [6, 6.07) is 4.11. The minimum atomic E-state index is -4.53. The van der Waals surface area contributed by atoms with Crippen molar-refractivity contribution in [1.29, 1.82) is 5.26 Å². The Morgan fingerprint density at radius 2 is 1.88 bits per heavy atom. The van der Waals surface area contributed by atoms with Crippen LogP contribution in [0.2, 0.25) is 0 Å². The fraction of sp³-hybridized carbons (Fsp3) is 0.438. The molecule has 0 aliphatic rings. The highest BCUT2D eigenvalue weighted by Crippen LogP contribution is 2.30. The summed E-state index contributed by atoms with van der Waals surface area (Å²) < 4.78 is 42.1. The topological polar surface area (TPSA) is 99.4 Å². The van der Waals surface area contributed by atoms with Gasteiger partial charge in [0.2, 0.25) is 0 Å². The van der Waals surface area contributed by atoms with Gasteiger partial charge in [0.1, 0.15) is 6.04 Å². The first-order valence-electron chi connectivity index (χ1n) is 7.22. The van der Waals surface area contributed by atoms with Crippen molar-refractivity contribution in [1.82, 2.24) is 5.32 Å². The molecule has 1 amide bonds. The van der Waals surface area contributed by atoms with E-state index in [0.29, 0.717) is 0 Å². The number of hydrogen-bond acceptors (Lipinski definition) is 5. The quantitative estimate of drug-likeness (QED) is 0.757. The summed E-state index contributed by atoms with van der Waals surface area (Å²) in [5, 5.41) is 20.9. The standard InChI is InChI=1S/C16H17F3N2O4/c1-9(7-8-20)12(15(24)25-2)21-14(23)13(22)10-3-5-11(6-4-10)16(17,18)19/h3-6,9,12-13,22H,7H2,1-2H3,(H,21,23)/t9-,12-,13+/m1/s1. The summed E-state index contributed by atoms with van der Waals surface area (Å²) >= 11 is 0. The van der Waals surface area contributed by atoms with Crippen molar-refractivity contribution in [2.45, 2.75) is 31.7 Å². The van der Waals surface area contributed by atoms with Crippen molar-refractivity contribution in [3.63, 3.8) is 0 Å². The summed E-state index contributed by atoms with van der Waals surface area (Å²) in [6.45, 7) is 1.54. The van der Waals surface area contributed by atoms with E-state index in [4.69, 9.17) is 5.26 Å². The van der Waals surface area contributed by atoms with Gasteiger partial charge in [0.15, 0.2) is 6.10 Å². The smallest absolute Gasteiger partial charge is 0.416 e. The second kappa shape index (κ2) is 8.48. The Morgan fingerprint density at radius 3 is 2.32 bits per heavy atom. The third kappa shape index (κ3) is 5.46. The monoisotopic (exact) mass is 358 g/mol. The van der Waals surface area contributed by atoms with Gasteiger partial charge in [-0.3, -0.25) is 4.79 Å². The fourth-order valence-corrected chi connectivity index (χ4v) is 2.06. The van der Waals surface area contributed by atoms with E-state index in [0.717, 1.165) is 31.4 Å². The first-order valence-corrected chi connectivity index (χ1v) is 7.22. The summed E-state index contributed by atoms with van der Waals surface area (Å²) in [5.74, 6) is -2.36. The van der Waals surface area contributed by atoms with E-state index in [1.54, 1.807) is 0 Å². The summed E-state index contributed by atoms with van der Waals surface area (Å²) in [5.41, 5.74) is -0.985. The average Bonchev–Trinajstić information content (AvgIpc) is 2.57. The van der Waals surface area contributed by atoms with Gasteiger partial charge in [0, 0.05) is 12.3 Å². The third-order valence-electron chi connectivity index (χ3n) is 3.54. The first kappa shape index (κ1) is 20.4. The van der Waals surface area contributed by atoms with Crippen LogP contribution in [0, 0.1) is 17.2 Å². The molecule has 0 heterocycles. The molecular formula is C16H17F3N2O4. The maximum absolute atomic E-state index is 12.5. The SMILES string of the molecule is COC(=O)[C@H](NC(=O)[C@@H](O)c1ccc(C(F)(F)F)cc1)[C@H](C)CC#N. The van der Waals surface area contributed by atoms with Crippen molar-refractivity contribution in [3.05, 3.63) is 35.4 Å². The molecule has 1 aromatic rings. The van der Waals surface area contributed by atoms with Crippen LogP contribution < -0.4 is 5.32 Å². The molecule has 0 fully saturated rings. The molecule has 136 valence electrons. The molecule has 0 bridgehead atoms. The van der Waals surface area contributed by atoms with Gasteiger partial charge >= 0.3 is 12.1 Å². The van der Waals surface area contributed by atoms with Crippen LogP contribution in [0.1, 0.15) is 30.6 Å². The van der Waals surface area contributed by atoms with Gasteiger partial charge in [-0.15, -0.1) is 0 Å². The Kier molecular flexibility index (Phi) is 6.94. The number of nitriles is 1. The van der Waals surface area contributed by atoms with Gasteiger partial charge in [0.25, 0.3) is 5.91 Å². The van der Waals surface area contributed by atoms with E-state index in [1.807, 2.05) is 6.07 Å². The molecule has 0 aliphatic carbocycles. The number of hydrogen-bond donors (Lipinski definition) is 2. The van der Waals surface area contributed by atoms with Crippen LogP contribution >= 0.6 is 0 Å². The lowest BCUT2D eigenvalue weighted by molar-refractivity contribution is -0.147. The molecular weight excluding hydrogens is 341 g/mol. The normalized spacial score (nSPS) is 14.8. The number of carbonyl (C=O) groups is 2. The molecule has 0 aromatic heterocycles. The van der Waals surface area contributed by atoms with Gasteiger partial charge in [-0.1, -0.05) is 19.1 Å². The number of benzene rings is 1. The summed E-state index contributed by atoms with van der Waals surface area (Å²) in [7, 11) is 1.10. The Hall–Kier alpha value is -2.60. The van der Waals surface area contributed by atoms with E-state index in [2.05, 4.69) is 10.1 Å². The van der Waals surface area contributed by atoms with Crippen LogP contribution in [-0.2, 0) is 20.5 Å². The van der Waals surface area contributed by atoms with Crippen LogP contribution in [0.4, 0.5) is 13.2 Å². The lowest BCUT2D eigenvalue weighted by Gasteiger charge is -2.22. The molecule has 9 heteroatoms. The summed E-state index contributed by atoms with van der Waals surface area (Å²) in [4.78, 5) is 23.8. The second-order valence-corrected chi connectivity index (χ2v) is 5.37. The molecule has 1 aromatic carbocycles. The molecule has 0 saturated carbocycles. The average molecular weight is 358 g/mol. The molecule has 0 aliphatic heterocycles. The Balaban J connectivity index is 2.90. The Morgan fingerprint density at radius 1 is 1.32 bits per heavy atom. The zero-order chi connectivity index (χ0) is 19.2. The number of carbonyl (C=O) groups excluding carboxylic acids is 2. The van der Waals surface area contributed by atoms with E-state index in [-0.39, 0.29) is 12.0 Å². The van der Waals surface area contributed by atoms with Crippen molar-refractivity contribution < 1.29 is 32.6 Å². The lowest BCUT2D eigenvalue weighted by Crippen LogP contribution is -2.47. The third-order valence-corrected chi connectivity index (χ3v) is 3.54. The second-order valence-electron chi connectivity index (χ2n) is 5.37. The highest BCUT2D eigenvalue weighted by molar-refractivity contribution is 5.87. The lowest BCUT2D eigenvalue weighted by atomic mass is 9.98. The van der Waals surface area contributed by atoms with Gasteiger partial charge in [0.05, 0.1) is 18.7 Å².